The zero-order valence-electron chi connectivity index (χ0n) is 23.3. The van der Waals surface area contributed by atoms with E-state index in [1.54, 1.807) is 6.07 Å². The molecule has 2 aromatic carbocycles. The molecule has 3 nitrogen and oxygen atoms in total. The molecule has 0 amide bonds. The molecule has 0 saturated heterocycles. The van der Waals surface area contributed by atoms with Gasteiger partial charge in [0.1, 0.15) is 11.8 Å². The van der Waals surface area contributed by atoms with Crippen LogP contribution in [0.3, 0.4) is 0 Å². The van der Waals surface area contributed by atoms with Gasteiger partial charge in [0.15, 0.2) is 0 Å². The van der Waals surface area contributed by atoms with Gasteiger partial charge in [-0.15, -0.1) is 0 Å². The van der Waals surface area contributed by atoms with Gasteiger partial charge in [-0.05, 0) is 85.8 Å². The molecule has 1 saturated carbocycles. The van der Waals surface area contributed by atoms with E-state index < -0.39 is 5.97 Å². The molecule has 0 radical (unpaired) electrons. The Morgan fingerprint density at radius 2 is 1.49 bits per heavy atom. The first-order chi connectivity index (χ1) is 18.1. The van der Waals surface area contributed by atoms with Crippen molar-refractivity contribution in [1.82, 2.24) is 0 Å². The van der Waals surface area contributed by atoms with E-state index in [-0.39, 0.29) is 0 Å². The molecule has 37 heavy (non-hydrogen) atoms. The van der Waals surface area contributed by atoms with Crippen LogP contribution in [0.25, 0.3) is 0 Å². The molecule has 0 N–H and O–H groups in total. The summed E-state index contributed by atoms with van der Waals surface area (Å²) in [4.78, 5) is 12.8. The van der Waals surface area contributed by atoms with E-state index in [1.165, 1.54) is 95.5 Å². The molecule has 0 bridgehead atoms. The zero-order valence-corrected chi connectivity index (χ0v) is 23.3. The Bertz CT molecular complexity index is 980. The molecule has 1 aliphatic rings. The van der Waals surface area contributed by atoms with Crippen molar-refractivity contribution in [2.24, 2.45) is 5.92 Å². The normalized spacial score (nSPS) is 17.3. The van der Waals surface area contributed by atoms with Gasteiger partial charge >= 0.3 is 5.97 Å². The summed E-state index contributed by atoms with van der Waals surface area (Å²) in [5.41, 5.74) is 3.43. The minimum absolute atomic E-state index is 0.348. The predicted molar refractivity (Wildman–Crippen MR) is 153 cm³/mol. The van der Waals surface area contributed by atoms with E-state index in [9.17, 15) is 10.1 Å². The maximum atomic E-state index is 12.8. The largest absolute Gasteiger partial charge is 0.422 e. The standard InChI is InChI=1S/C34H47NO2/c1-3-5-7-8-9-10-12-14-28-17-24-33(32(25-28)26-35)37-34(36)31-22-20-30(21-23-31)29-18-15-27(16-19-29)13-11-6-4-2/h17,20-25,27,29H,3-16,18-19H2,1-2H3. The quantitative estimate of drug-likeness (QED) is 0.139. The number of ether oxygens (including phenoxy) is 1. The summed E-state index contributed by atoms with van der Waals surface area (Å²) < 4.78 is 5.64. The Morgan fingerprint density at radius 1 is 0.838 bits per heavy atom. The molecule has 200 valence electrons. The van der Waals surface area contributed by atoms with Crippen molar-refractivity contribution in [3.63, 3.8) is 0 Å². The number of aryl methyl sites for hydroxylation is 1. The Balaban J connectivity index is 1.47. The number of esters is 1. The van der Waals surface area contributed by atoms with E-state index in [0.29, 0.717) is 22.8 Å². The van der Waals surface area contributed by atoms with E-state index >= 15 is 0 Å². The molecule has 2 aromatic rings. The number of benzene rings is 2. The summed E-state index contributed by atoms with van der Waals surface area (Å²) in [6, 6.07) is 15.8. The van der Waals surface area contributed by atoms with E-state index in [1.807, 2.05) is 24.3 Å². The number of hydrogen-bond acceptors (Lipinski definition) is 3. The summed E-state index contributed by atoms with van der Waals surface area (Å²) in [5, 5.41) is 9.64. The number of nitrogens with zero attached hydrogens (tertiary/aromatic N) is 1. The molecule has 0 aromatic heterocycles. The summed E-state index contributed by atoms with van der Waals surface area (Å²) >= 11 is 0. The first-order valence-corrected chi connectivity index (χ1v) is 15.0. The average Bonchev–Trinajstić information content (AvgIpc) is 2.94. The Labute approximate surface area is 225 Å². The zero-order chi connectivity index (χ0) is 26.3. The molecular weight excluding hydrogens is 454 g/mol. The lowest BCUT2D eigenvalue weighted by Gasteiger charge is -2.29. The molecular formula is C34H47NO2. The molecule has 3 heteroatoms. The molecule has 0 heterocycles. The first-order valence-electron chi connectivity index (χ1n) is 15.0. The van der Waals surface area contributed by atoms with Crippen LogP contribution in [-0.4, -0.2) is 5.97 Å². The van der Waals surface area contributed by atoms with Crippen molar-refractivity contribution in [2.75, 3.05) is 0 Å². The second kappa shape index (κ2) is 16.3. The van der Waals surface area contributed by atoms with E-state index in [4.69, 9.17) is 4.74 Å². The molecule has 1 fully saturated rings. The van der Waals surface area contributed by atoms with Gasteiger partial charge < -0.3 is 4.74 Å². The number of hydrogen-bond donors (Lipinski definition) is 0. The summed E-state index contributed by atoms with van der Waals surface area (Å²) in [7, 11) is 0. The summed E-state index contributed by atoms with van der Waals surface area (Å²) in [6.45, 7) is 4.51. The third kappa shape index (κ3) is 9.66. The van der Waals surface area contributed by atoms with Crippen LogP contribution in [0.2, 0.25) is 0 Å². The maximum absolute atomic E-state index is 12.8. The first kappa shape index (κ1) is 29.0. The number of unbranched alkanes of at least 4 members (excludes halogenated alkanes) is 8. The highest BCUT2D eigenvalue weighted by Gasteiger charge is 2.22. The second-order valence-electron chi connectivity index (χ2n) is 11.0. The van der Waals surface area contributed by atoms with Crippen molar-refractivity contribution >= 4 is 5.97 Å². The molecule has 3 rings (SSSR count). The van der Waals surface area contributed by atoms with Gasteiger partial charge in [-0.2, -0.15) is 5.26 Å². The Kier molecular flexibility index (Phi) is 12.7. The number of carbonyl (C=O) groups is 1. The molecule has 1 aliphatic carbocycles. The minimum atomic E-state index is -0.400. The van der Waals surface area contributed by atoms with Crippen LogP contribution in [-0.2, 0) is 6.42 Å². The minimum Gasteiger partial charge on any atom is -0.422 e. The molecule has 0 atom stereocenters. The fourth-order valence-electron chi connectivity index (χ4n) is 5.71. The van der Waals surface area contributed by atoms with Crippen LogP contribution in [0.5, 0.6) is 5.75 Å². The van der Waals surface area contributed by atoms with Crippen LogP contribution in [0, 0.1) is 17.2 Å². The van der Waals surface area contributed by atoms with Gasteiger partial charge in [0.2, 0.25) is 0 Å². The number of nitriles is 1. The van der Waals surface area contributed by atoms with Crippen LogP contribution < -0.4 is 4.74 Å². The van der Waals surface area contributed by atoms with Gasteiger partial charge in [0.05, 0.1) is 11.1 Å². The Morgan fingerprint density at radius 3 is 2.16 bits per heavy atom. The number of rotatable bonds is 15. The third-order valence-electron chi connectivity index (χ3n) is 8.12. The fourth-order valence-corrected chi connectivity index (χ4v) is 5.71. The number of carbonyl (C=O) groups excluding carboxylic acids is 1. The molecule has 0 spiro atoms. The molecule has 0 aliphatic heterocycles. The Hall–Kier alpha value is -2.60. The molecule has 0 unspecified atom stereocenters. The highest BCUT2D eigenvalue weighted by Crippen LogP contribution is 2.37. The van der Waals surface area contributed by atoms with Gasteiger partial charge in [-0.25, -0.2) is 4.79 Å². The maximum Gasteiger partial charge on any atom is 0.343 e. The van der Waals surface area contributed by atoms with Gasteiger partial charge in [0, 0.05) is 0 Å². The lowest BCUT2D eigenvalue weighted by atomic mass is 9.77. The SMILES string of the molecule is CCCCCCCCCc1ccc(OC(=O)c2ccc(C3CCC(CCCCC)CC3)cc2)c(C#N)c1. The smallest absolute Gasteiger partial charge is 0.343 e. The second-order valence-corrected chi connectivity index (χ2v) is 11.0. The summed E-state index contributed by atoms with van der Waals surface area (Å²) in [6.07, 6.45) is 20.4. The van der Waals surface area contributed by atoms with Crippen LogP contribution in [0.4, 0.5) is 0 Å². The van der Waals surface area contributed by atoms with Crippen molar-refractivity contribution < 1.29 is 9.53 Å². The van der Waals surface area contributed by atoms with Crippen molar-refractivity contribution in [3.8, 4) is 11.8 Å². The van der Waals surface area contributed by atoms with Crippen LogP contribution in [0.15, 0.2) is 42.5 Å². The van der Waals surface area contributed by atoms with E-state index in [2.05, 4.69) is 32.0 Å². The van der Waals surface area contributed by atoms with Gasteiger partial charge in [-0.1, -0.05) is 96.3 Å². The van der Waals surface area contributed by atoms with E-state index in [0.717, 1.165) is 24.3 Å². The lowest BCUT2D eigenvalue weighted by molar-refractivity contribution is 0.0734. The van der Waals surface area contributed by atoms with Gasteiger partial charge in [0.25, 0.3) is 0 Å². The summed E-state index contributed by atoms with van der Waals surface area (Å²) in [5.74, 6) is 1.44. The van der Waals surface area contributed by atoms with Crippen molar-refractivity contribution in [2.45, 2.75) is 122 Å². The third-order valence-corrected chi connectivity index (χ3v) is 8.12. The predicted octanol–water partition coefficient (Wildman–Crippen LogP) is 9.92. The topological polar surface area (TPSA) is 50.1 Å². The van der Waals surface area contributed by atoms with Crippen molar-refractivity contribution in [1.29, 1.82) is 5.26 Å². The van der Waals surface area contributed by atoms with Crippen LogP contribution >= 0.6 is 0 Å². The average molecular weight is 502 g/mol. The van der Waals surface area contributed by atoms with Crippen molar-refractivity contribution in [3.05, 3.63) is 64.7 Å². The van der Waals surface area contributed by atoms with Crippen LogP contribution in [0.1, 0.15) is 143 Å². The monoisotopic (exact) mass is 501 g/mol. The van der Waals surface area contributed by atoms with Gasteiger partial charge in [-0.3, -0.25) is 0 Å². The fraction of sp³-hybridized carbons (Fsp3) is 0.588. The highest BCUT2D eigenvalue weighted by atomic mass is 16.5. The lowest BCUT2D eigenvalue weighted by Crippen LogP contribution is -2.14. The highest BCUT2D eigenvalue weighted by molar-refractivity contribution is 5.91.